The van der Waals surface area contributed by atoms with Crippen LogP contribution in [0.25, 0.3) is 22.0 Å². The Bertz CT molecular complexity index is 1630. The van der Waals surface area contributed by atoms with Crippen LogP contribution in [0.3, 0.4) is 0 Å². The summed E-state index contributed by atoms with van der Waals surface area (Å²) < 4.78 is 44.3. The van der Waals surface area contributed by atoms with Gasteiger partial charge in [0.25, 0.3) is 11.5 Å². The number of fused-ring (bicyclic) bond motifs is 1. The quantitative estimate of drug-likeness (QED) is 0.388. The summed E-state index contributed by atoms with van der Waals surface area (Å²) in [6, 6.07) is 15.1. The smallest absolute Gasteiger partial charge is 0.282 e. The molecule has 0 atom stereocenters. The molecule has 4 aromatic rings. The first-order valence-electron chi connectivity index (χ1n) is 11.9. The fraction of sp³-hybridized carbons (Fsp3) is 0.259. The Balaban J connectivity index is 1.79. The molecule has 0 saturated heterocycles. The van der Waals surface area contributed by atoms with E-state index < -0.39 is 32.6 Å². The summed E-state index contributed by atoms with van der Waals surface area (Å²) in [6.45, 7) is 1.97. The standard InChI is InChI=1S/C27H26FN3O4S/c1-2-17-12-13-23-21(15-17)24(20-10-6-14-29-26(20)32)25(27(33)30-36(34,35)19-8-5-9-19)31(23)16-18-7-3-4-11-22(18)28/h3-4,6-7,10-15,19H,2,5,8-9,16H2,1H3,(H,29,32)(H,30,33). The number of H-pyrrole nitrogens is 1. The number of amides is 1. The summed E-state index contributed by atoms with van der Waals surface area (Å²) >= 11 is 0. The van der Waals surface area contributed by atoms with Gasteiger partial charge in [0.1, 0.15) is 11.5 Å². The third-order valence-electron chi connectivity index (χ3n) is 6.85. The number of benzene rings is 2. The number of pyridine rings is 1. The van der Waals surface area contributed by atoms with Gasteiger partial charge < -0.3 is 9.55 Å². The number of sulfonamides is 1. The molecule has 1 aliphatic carbocycles. The Kier molecular flexibility index (Phi) is 6.26. The maximum Gasteiger partial charge on any atom is 0.282 e. The number of hydrogen-bond donors (Lipinski definition) is 2. The first-order chi connectivity index (χ1) is 17.3. The maximum atomic E-state index is 14.7. The van der Waals surface area contributed by atoms with E-state index in [2.05, 4.69) is 9.71 Å². The minimum atomic E-state index is -3.90. The molecule has 5 rings (SSSR count). The minimum Gasteiger partial charge on any atom is -0.331 e. The van der Waals surface area contributed by atoms with Crippen molar-refractivity contribution in [2.75, 3.05) is 0 Å². The van der Waals surface area contributed by atoms with Gasteiger partial charge in [-0.25, -0.2) is 17.5 Å². The molecule has 7 nitrogen and oxygen atoms in total. The van der Waals surface area contributed by atoms with Crippen LogP contribution in [0.15, 0.2) is 65.6 Å². The number of nitrogens with one attached hydrogen (secondary N) is 2. The molecule has 0 unspecified atom stereocenters. The van der Waals surface area contributed by atoms with Crippen molar-refractivity contribution in [3.8, 4) is 11.1 Å². The molecule has 1 fully saturated rings. The largest absolute Gasteiger partial charge is 0.331 e. The predicted molar refractivity (Wildman–Crippen MR) is 137 cm³/mol. The third-order valence-corrected chi connectivity index (χ3v) is 8.67. The number of aromatic nitrogens is 2. The summed E-state index contributed by atoms with van der Waals surface area (Å²) in [5.41, 5.74) is 2.04. The molecule has 0 bridgehead atoms. The van der Waals surface area contributed by atoms with Crippen molar-refractivity contribution in [3.05, 3.63) is 93.8 Å². The van der Waals surface area contributed by atoms with Crippen molar-refractivity contribution in [2.45, 2.75) is 44.4 Å². The number of rotatable bonds is 7. The van der Waals surface area contributed by atoms with Crippen LogP contribution in [0, 0.1) is 5.82 Å². The third kappa shape index (κ3) is 4.24. The highest BCUT2D eigenvalue weighted by Gasteiger charge is 2.35. The number of aryl methyl sites for hydroxylation is 1. The molecule has 2 aromatic carbocycles. The fourth-order valence-corrected chi connectivity index (χ4v) is 6.13. The van der Waals surface area contributed by atoms with Gasteiger partial charge in [-0.05, 0) is 55.2 Å². The van der Waals surface area contributed by atoms with E-state index in [0.717, 1.165) is 18.4 Å². The number of hydrogen-bond acceptors (Lipinski definition) is 4. The van der Waals surface area contributed by atoms with Gasteiger partial charge in [-0.3, -0.25) is 9.59 Å². The van der Waals surface area contributed by atoms with Gasteiger partial charge in [0.2, 0.25) is 10.0 Å². The van der Waals surface area contributed by atoms with Crippen molar-refractivity contribution in [2.24, 2.45) is 0 Å². The van der Waals surface area contributed by atoms with E-state index >= 15 is 0 Å². The maximum absolute atomic E-state index is 14.7. The Hall–Kier alpha value is -3.72. The lowest BCUT2D eigenvalue weighted by Crippen LogP contribution is -2.42. The van der Waals surface area contributed by atoms with Crippen molar-refractivity contribution < 1.29 is 17.6 Å². The average Bonchev–Trinajstić information content (AvgIpc) is 3.12. The molecular formula is C27H26FN3O4S. The lowest BCUT2D eigenvalue weighted by molar-refractivity contribution is 0.0973. The van der Waals surface area contributed by atoms with E-state index in [0.29, 0.717) is 34.9 Å². The van der Waals surface area contributed by atoms with E-state index in [1.165, 1.54) is 12.3 Å². The van der Waals surface area contributed by atoms with Gasteiger partial charge in [-0.2, -0.15) is 0 Å². The molecule has 0 radical (unpaired) electrons. The van der Waals surface area contributed by atoms with Crippen molar-refractivity contribution in [3.63, 3.8) is 0 Å². The second kappa shape index (κ2) is 9.39. The van der Waals surface area contributed by atoms with Crippen LogP contribution in [-0.4, -0.2) is 29.1 Å². The molecule has 9 heteroatoms. The molecule has 1 amide bonds. The molecule has 0 aliphatic heterocycles. The summed E-state index contributed by atoms with van der Waals surface area (Å²) in [7, 11) is -3.90. The predicted octanol–water partition coefficient (Wildman–Crippen LogP) is 4.36. The van der Waals surface area contributed by atoms with Crippen molar-refractivity contribution in [1.82, 2.24) is 14.3 Å². The van der Waals surface area contributed by atoms with Crippen molar-refractivity contribution >= 4 is 26.8 Å². The highest BCUT2D eigenvalue weighted by Crippen LogP contribution is 2.36. The van der Waals surface area contributed by atoms with Crippen molar-refractivity contribution in [1.29, 1.82) is 0 Å². The van der Waals surface area contributed by atoms with Gasteiger partial charge in [0, 0.05) is 33.8 Å². The van der Waals surface area contributed by atoms with E-state index in [1.807, 2.05) is 25.1 Å². The van der Waals surface area contributed by atoms with Crippen LogP contribution in [0.2, 0.25) is 0 Å². The van der Waals surface area contributed by atoms with E-state index in [4.69, 9.17) is 0 Å². The molecule has 36 heavy (non-hydrogen) atoms. The zero-order chi connectivity index (χ0) is 25.4. The van der Waals surface area contributed by atoms with E-state index in [9.17, 15) is 22.4 Å². The van der Waals surface area contributed by atoms with Crippen LogP contribution < -0.4 is 10.3 Å². The van der Waals surface area contributed by atoms with Gasteiger partial charge in [0.15, 0.2) is 0 Å². The first kappa shape index (κ1) is 24.0. The zero-order valence-electron chi connectivity index (χ0n) is 19.8. The molecule has 2 N–H and O–H groups in total. The first-order valence-corrected chi connectivity index (χ1v) is 13.5. The monoisotopic (exact) mass is 507 g/mol. The lowest BCUT2D eigenvalue weighted by atomic mass is 10.0. The normalized spacial score (nSPS) is 14.1. The van der Waals surface area contributed by atoms with Gasteiger partial charge in [-0.1, -0.05) is 37.6 Å². The highest BCUT2D eigenvalue weighted by atomic mass is 32.2. The molecular weight excluding hydrogens is 481 g/mol. The average molecular weight is 508 g/mol. The summed E-state index contributed by atoms with van der Waals surface area (Å²) in [5.74, 6) is -1.29. The molecule has 2 heterocycles. The lowest BCUT2D eigenvalue weighted by Gasteiger charge is -2.25. The fourth-order valence-electron chi connectivity index (χ4n) is 4.65. The topological polar surface area (TPSA) is 101 Å². The molecule has 2 aromatic heterocycles. The Labute approximate surface area is 208 Å². The number of carbonyl (C=O) groups is 1. The second-order valence-corrected chi connectivity index (χ2v) is 11.0. The van der Waals surface area contributed by atoms with Crippen LogP contribution in [0.1, 0.15) is 47.8 Å². The molecule has 1 aliphatic rings. The summed E-state index contributed by atoms with van der Waals surface area (Å²) in [4.78, 5) is 29.2. The van der Waals surface area contributed by atoms with Gasteiger partial charge in [0.05, 0.1) is 11.8 Å². The minimum absolute atomic E-state index is 0.00102. The Morgan fingerprint density at radius 1 is 1.14 bits per heavy atom. The SMILES string of the molecule is CCc1ccc2c(c1)c(-c1ccc[nH]c1=O)c(C(=O)NS(=O)(=O)C1CCC1)n2Cc1ccccc1F. The Morgan fingerprint density at radius 2 is 1.92 bits per heavy atom. The van der Waals surface area contributed by atoms with Crippen LogP contribution >= 0.6 is 0 Å². The van der Waals surface area contributed by atoms with E-state index in [1.54, 1.807) is 34.9 Å². The number of aromatic amines is 1. The number of nitrogens with zero attached hydrogens (tertiary/aromatic N) is 1. The summed E-state index contributed by atoms with van der Waals surface area (Å²) in [6.07, 6.45) is 3.98. The highest BCUT2D eigenvalue weighted by molar-refractivity contribution is 7.90. The van der Waals surface area contributed by atoms with E-state index in [-0.39, 0.29) is 17.8 Å². The summed E-state index contributed by atoms with van der Waals surface area (Å²) in [5, 5.41) is -0.00491. The molecule has 186 valence electrons. The second-order valence-electron chi connectivity index (χ2n) is 9.05. The zero-order valence-corrected chi connectivity index (χ0v) is 20.6. The van der Waals surface area contributed by atoms with Gasteiger partial charge >= 0.3 is 0 Å². The number of halogens is 1. The molecule has 0 spiro atoms. The van der Waals surface area contributed by atoms with Crippen LogP contribution in [0.4, 0.5) is 4.39 Å². The Morgan fingerprint density at radius 3 is 2.58 bits per heavy atom. The molecule has 1 saturated carbocycles. The van der Waals surface area contributed by atoms with Crippen LogP contribution in [-0.2, 0) is 23.0 Å². The van der Waals surface area contributed by atoms with Gasteiger partial charge in [-0.15, -0.1) is 0 Å². The number of carbonyl (C=O) groups excluding carboxylic acids is 1. The van der Waals surface area contributed by atoms with Crippen LogP contribution in [0.5, 0.6) is 0 Å².